The lowest BCUT2D eigenvalue weighted by atomic mass is 9.82. The van der Waals surface area contributed by atoms with Crippen LogP contribution < -0.4 is 0 Å². The molecule has 2 rings (SSSR count). The fourth-order valence-electron chi connectivity index (χ4n) is 4.18. The molecule has 1 aromatic rings. The van der Waals surface area contributed by atoms with Crippen LogP contribution in [0.25, 0.3) is 0 Å². The molecule has 0 aromatic heterocycles. The average molecular weight is 421 g/mol. The van der Waals surface area contributed by atoms with Crippen LogP contribution in [0.4, 0.5) is 0 Å². The van der Waals surface area contributed by atoms with Crippen molar-refractivity contribution in [2.75, 3.05) is 6.61 Å². The van der Waals surface area contributed by atoms with Crippen molar-refractivity contribution in [3.63, 3.8) is 0 Å². The summed E-state index contributed by atoms with van der Waals surface area (Å²) in [6.07, 6.45) is 10.6. The van der Waals surface area contributed by atoms with E-state index in [1.54, 1.807) is 0 Å². The summed E-state index contributed by atoms with van der Waals surface area (Å²) in [5.74, 6) is 0.714. The zero-order valence-corrected chi connectivity index (χ0v) is 20.6. The van der Waals surface area contributed by atoms with Gasteiger partial charge in [-0.15, -0.1) is 0 Å². The van der Waals surface area contributed by atoms with Crippen LogP contribution in [0.1, 0.15) is 96.6 Å². The molecule has 1 aliphatic carbocycles. The van der Waals surface area contributed by atoms with E-state index < -0.39 is 9.28 Å². The lowest BCUT2D eigenvalue weighted by molar-refractivity contribution is 0.0237. The largest absolute Gasteiger partial charge is 0.394 e. The Kier molecular flexibility index (Phi) is 11.5. The quantitative estimate of drug-likeness (QED) is 0.268. The Labute approximate surface area is 181 Å². The molecule has 0 radical (unpaired) electrons. The minimum atomic E-state index is -1.57. The number of aryl methyl sites for hydroxylation is 1. The molecule has 0 heterocycles. The van der Waals surface area contributed by atoms with Crippen LogP contribution in [-0.4, -0.2) is 34.2 Å². The summed E-state index contributed by atoms with van der Waals surface area (Å²) in [6, 6.07) is 10.4. The van der Waals surface area contributed by atoms with Crippen molar-refractivity contribution >= 4 is 9.28 Å². The monoisotopic (exact) mass is 420 g/mol. The van der Waals surface area contributed by atoms with Crippen molar-refractivity contribution in [1.82, 2.24) is 0 Å². The Balaban J connectivity index is 1.65. The van der Waals surface area contributed by atoms with Gasteiger partial charge >= 0.3 is 9.28 Å². The van der Waals surface area contributed by atoms with Crippen molar-refractivity contribution in [3.8, 4) is 0 Å². The normalized spacial score (nSPS) is 20.1. The van der Waals surface area contributed by atoms with Gasteiger partial charge in [-0.3, -0.25) is 0 Å². The summed E-state index contributed by atoms with van der Waals surface area (Å²) >= 11 is 0. The molecule has 1 aliphatic rings. The molecule has 0 saturated heterocycles. The second-order valence-corrected chi connectivity index (χ2v) is 11.1. The van der Waals surface area contributed by atoms with E-state index in [1.165, 1.54) is 56.1 Å². The van der Waals surface area contributed by atoms with E-state index in [0.717, 1.165) is 19.1 Å². The number of ether oxygens (including phenoxy) is 1. The SMILES string of the molecule is CCCCc1ccc(C2CCC(OCCC[SiH](OC(C)C)OC(C)C)CC2)cc1. The van der Waals surface area contributed by atoms with E-state index in [0.29, 0.717) is 12.0 Å². The van der Waals surface area contributed by atoms with Gasteiger partial charge in [0.05, 0.1) is 6.10 Å². The minimum absolute atomic E-state index is 0.252. The van der Waals surface area contributed by atoms with Crippen LogP contribution in [0, 0.1) is 0 Å². The Bertz CT molecular complexity index is 526. The molecule has 4 heteroatoms. The van der Waals surface area contributed by atoms with Crippen LogP contribution in [0.5, 0.6) is 0 Å². The van der Waals surface area contributed by atoms with E-state index in [1.807, 2.05) is 0 Å². The topological polar surface area (TPSA) is 27.7 Å². The molecule has 166 valence electrons. The average Bonchev–Trinajstić information content (AvgIpc) is 2.69. The molecule has 0 atom stereocenters. The van der Waals surface area contributed by atoms with Crippen molar-refractivity contribution < 1.29 is 13.6 Å². The highest BCUT2D eigenvalue weighted by molar-refractivity contribution is 6.44. The van der Waals surface area contributed by atoms with Gasteiger partial charge in [0.25, 0.3) is 0 Å². The molecule has 0 aliphatic heterocycles. The predicted molar refractivity (Wildman–Crippen MR) is 125 cm³/mol. The van der Waals surface area contributed by atoms with Gasteiger partial charge in [0.2, 0.25) is 0 Å². The van der Waals surface area contributed by atoms with E-state index in [9.17, 15) is 0 Å². The second kappa shape index (κ2) is 13.6. The highest BCUT2D eigenvalue weighted by atomic mass is 28.3. The van der Waals surface area contributed by atoms with Crippen molar-refractivity contribution in [2.45, 2.75) is 116 Å². The summed E-state index contributed by atoms with van der Waals surface area (Å²) < 4.78 is 18.2. The van der Waals surface area contributed by atoms with Crippen molar-refractivity contribution in [2.24, 2.45) is 0 Å². The molecule has 1 saturated carbocycles. The lowest BCUT2D eigenvalue weighted by Crippen LogP contribution is -2.30. The lowest BCUT2D eigenvalue weighted by Gasteiger charge is -2.29. The van der Waals surface area contributed by atoms with Gasteiger partial charge in [-0.1, -0.05) is 37.6 Å². The first-order valence-corrected chi connectivity index (χ1v) is 13.7. The molecule has 0 N–H and O–H groups in total. The van der Waals surface area contributed by atoms with Crippen LogP contribution in [-0.2, 0) is 20.0 Å². The molecule has 1 aromatic carbocycles. The third-order valence-electron chi connectivity index (χ3n) is 5.73. The Morgan fingerprint density at radius 2 is 1.52 bits per heavy atom. The number of rotatable bonds is 13. The molecular formula is C25H44O3Si. The maximum absolute atomic E-state index is 6.20. The summed E-state index contributed by atoms with van der Waals surface area (Å²) in [7, 11) is -1.57. The first kappa shape index (κ1) is 24.6. The summed E-state index contributed by atoms with van der Waals surface area (Å²) in [4.78, 5) is 0. The first-order chi connectivity index (χ1) is 14.0. The third kappa shape index (κ3) is 9.78. The standard InChI is InChI=1S/C25H44O3Si/c1-6-7-9-22-10-12-23(13-11-22)24-14-16-25(17-15-24)26-18-8-19-29(27-20(2)3)28-21(4)5/h10-13,20-21,24-25,29H,6-9,14-19H2,1-5H3. The number of benzene rings is 1. The minimum Gasteiger partial charge on any atom is -0.394 e. The van der Waals surface area contributed by atoms with E-state index >= 15 is 0 Å². The molecule has 0 bridgehead atoms. The van der Waals surface area contributed by atoms with Gasteiger partial charge in [0, 0.05) is 18.8 Å². The maximum Gasteiger partial charge on any atom is 0.321 e. The predicted octanol–water partition coefficient (Wildman–Crippen LogP) is 6.53. The van der Waals surface area contributed by atoms with Crippen LogP contribution >= 0.6 is 0 Å². The molecule has 0 unspecified atom stereocenters. The summed E-state index contributed by atoms with van der Waals surface area (Å²) in [6.45, 7) is 11.5. The Morgan fingerprint density at radius 1 is 0.897 bits per heavy atom. The van der Waals surface area contributed by atoms with Crippen molar-refractivity contribution in [1.29, 1.82) is 0 Å². The van der Waals surface area contributed by atoms with Crippen LogP contribution in [0.15, 0.2) is 24.3 Å². The van der Waals surface area contributed by atoms with Gasteiger partial charge in [0.1, 0.15) is 0 Å². The fourth-order valence-corrected chi connectivity index (χ4v) is 6.23. The van der Waals surface area contributed by atoms with E-state index in [4.69, 9.17) is 13.6 Å². The van der Waals surface area contributed by atoms with Gasteiger partial charge in [0.15, 0.2) is 0 Å². The summed E-state index contributed by atoms with van der Waals surface area (Å²) in [5, 5.41) is 0. The van der Waals surface area contributed by atoms with Crippen LogP contribution in [0.2, 0.25) is 6.04 Å². The zero-order valence-electron chi connectivity index (χ0n) is 19.5. The van der Waals surface area contributed by atoms with Crippen molar-refractivity contribution in [3.05, 3.63) is 35.4 Å². The Morgan fingerprint density at radius 3 is 2.07 bits per heavy atom. The summed E-state index contributed by atoms with van der Waals surface area (Å²) in [5.41, 5.74) is 3.01. The number of unbranched alkanes of at least 4 members (excludes halogenated alkanes) is 1. The highest BCUT2D eigenvalue weighted by Gasteiger charge is 2.23. The molecular weight excluding hydrogens is 376 g/mol. The molecule has 0 spiro atoms. The zero-order chi connectivity index (χ0) is 21.1. The van der Waals surface area contributed by atoms with Gasteiger partial charge in [-0.2, -0.15) is 0 Å². The number of hydrogen-bond acceptors (Lipinski definition) is 3. The smallest absolute Gasteiger partial charge is 0.321 e. The molecule has 3 nitrogen and oxygen atoms in total. The molecule has 29 heavy (non-hydrogen) atoms. The van der Waals surface area contributed by atoms with E-state index in [-0.39, 0.29) is 12.2 Å². The first-order valence-electron chi connectivity index (χ1n) is 12.0. The highest BCUT2D eigenvalue weighted by Crippen LogP contribution is 2.34. The maximum atomic E-state index is 6.20. The van der Waals surface area contributed by atoms with Gasteiger partial charge in [-0.05, 0) is 95.7 Å². The Hall–Kier alpha value is -0.683. The van der Waals surface area contributed by atoms with E-state index in [2.05, 4.69) is 58.9 Å². The fraction of sp³-hybridized carbons (Fsp3) is 0.760. The number of hydrogen-bond donors (Lipinski definition) is 0. The van der Waals surface area contributed by atoms with Gasteiger partial charge in [-0.25, -0.2) is 0 Å². The van der Waals surface area contributed by atoms with Crippen LogP contribution in [0.3, 0.4) is 0 Å². The molecule has 1 fully saturated rings. The third-order valence-corrected chi connectivity index (χ3v) is 8.31. The van der Waals surface area contributed by atoms with Gasteiger partial charge < -0.3 is 13.6 Å². The molecule has 0 amide bonds. The second-order valence-electron chi connectivity index (χ2n) is 9.13.